The van der Waals surface area contributed by atoms with E-state index in [1.54, 1.807) is 17.0 Å². The van der Waals surface area contributed by atoms with Gasteiger partial charge in [-0.1, -0.05) is 74.4 Å². The minimum absolute atomic E-state index is 0.129. The molecule has 7 rings (SSSR count). The summed E-state index contributed by atoms with van der Waals surface area (Å²) in [6.07, 6.45) is 6.00. The lowest BCUT2D eigenvalue weighted by Gasteiger charge is -2.36. The average molecular weight is 727 g/mol. The van der Waals surface area contributed by atoms with E-state index in [1.165, 1.54) is 24.0 Å². The van der Waals surface area contributed by atoms with Crippen LogP contribution in [0.25, 0.3) is 11.1 Å². The predicted octanol–water partition coefficient (Wildman–Crippen LogP) is 7.28. The highest BCUT2D eigenvalue weighted by Gasteiger charge is 2.39. The van der Waals surface area contributed by atoms with Crippen LogP contribution in [0.2, 0.25) is 0 Å². The number of anilines is 1. The number of nitrogens with one attached hydrogen (secondary N) is 1. The van der Waals surface area contributed by atoms with Gasteiger partial charge in [-0.05, 0) is 108 Å². The van der Waals surface area contributed by atoms with Crippen molar-refractivity contribution >= 4 is 34.6 Å². The molecule has 3 heterocycles. The van der Waals surface area contributed by atoms with E-state index in [-0.39, 0.29) is 29.9 Å². The fourth-order valence-corrected chi connectivity index (χ4v) is 7.99. The van der Waals surface area contributed by atoms with E-state index < -0.39 is 6.04 Å². The Hall–Kier alpha value is -5.41. The number of imide groups is 1. The quantitative estimate of drug-likeness (QED) is 0.0800. The molecule has 0 aliphatic carbocycles. The van der Waals surface area contributed by atoms with Crippen molar-refractivity contribution in [1.82, 2.24) is 15.1 Å². The average Bonchev–Trinajstić information content (AvgIpc) is 3.52. The van der Waals surface area contributed by atoms with Crippen LogP contribution in [-0.2, 0) is 16.1 Å². The molecule has 4 aromatic rings. The fraction of sp³-hybridized carbons (Fsp3) is 0.356. The molecule has 0 radical (unpaired) electrons. The lowest BCUT2D eigenvalue weighted by Crippen LogP contribution is -2.52. The van der Waals surface area contributed by atoms with Crippen molar-refractivity contribution < 1.29 is 24.2 Å². The van der Waals surface area contributed by atoms with E-state index in [2.05, 4.69) is 76.6 Å². The van der Waals surface area contributed by atoms with Crippen LogP contribution in [0, 0.1) is 0 Å². The first-order valence-corrected chi connectivity index (χ1v) is 19.4. The minimum Gasteiger partial charge on any atom is -0.508 e. The second-order valence-electron chi connectivity index (χ2n) is 14.5. The van der Waals surface area contributed by atoms with Gasteiger partial charge in [0.05, 0.1) is 6.61 Å². The number of benzene rings is 4. The molecule has 3 aliphatic heterocycles. The maximum atomic E-state index is 13.1. The summed E-state index contributed by atoms with van der Waals surface area (Å²) in [7, 11) is 0. The normalized spacial score (nSPS) is 18.0. The molecule has 4 aromatic carbocycles. The summed E-state index contributed by atoms with van der Waals surface area (Å²) in [6, 6.07) is 31.8. The molecular formula is C45H50N4O5. The van der Waals surface area contributed by atoms with Crippen molar-refractivity contribution in [3.8, 4) is 11.5 Å². The number of hydrogen-bond acceptors (Lipinski definition) is 7. The van der Waals surface area contributed by atoms with Gasteiger partial charge in [-0.2, -0.15) is 0 Å². The van der Waals surface area contributed by atoms with Crippen molar-refractivity contribution in [2.75, 3.05) is 44.2 Å². The number of carbonyl (C=O) groups is 3. The van der Waals surface area contributed by atoms with Gasteiger partial charge in [0.1, 0.15) is 17.5 Å². The lowest BCUT2D eigenvalue weighted by atomic mass is 9.88. The number of piperidine rings is 1. The van der Waals surface area contributed by atoms with Gasteiger partial charge in [-0.15, -0.1) is 0 Å². The topological polar surface area (TPSA) is 102 Å². The van der Waals surface area contributed by atoms with Gasteiger partial charge in [0.2, 0.25) is 11.8 Å². The summed E-state index contributed by atoms with van der Waals surface area (Å²) in [5, 5.41) is 12.3. The number of piperazine rings is 1. The minimum atomic E-state index is -0.588. The van der Waals surface area contributed by atoms with Crippen LogP contribution >= 0.6 is 0 Å². The Bertz CT molecular complexity index is 1970. The summed E-state index contributed by atoms with van der Waals surface area (Å²) in [5.74, 6) is 0.358. The van der Waals surface area contributed by atoms with Crippen LogP contribution in [0.3, 0.4) is 0 Å². The number of carbonyl (C=O) groups excluding carboxylic acids is 3. The molecule has 0 spiro atoms. The second-order valence-corrected chi connectivity index (χ2v) is 14.5. The second kappa shape index (κ2) is 17.2. The van der Waals surface area contributed by atoms with E-state index in [0.717, 1.165) is 85.7 Å². The Kier molecular flexibility index (Phi) is 11.7. The van der Waals surface area contributed by atoms with Gasteiger partial charge in [0, 0.05) is 50.4 Å². The van der Waals surface area contributed by atoms with Gasteiger partial charge in [0.15, 0.2) is 0 Å². The highest BCUT2D eigenvalue weighted by Crippen LogP contribution is 2.36. The Balaban J connectivity index is 0.829. The van der Waals surface area contributed by atoms with Crippen molar-refractivity contribution in [3.63, 3.8) is 0 Å². The number of phenols is 1. The molecule has 280 valence electrons. The van der Waals surface area contributed by atoms with E-state index in [1.807, 2.05) is 30.3 Å². The zero-order valence-corrected chi connectivity index (χ0v) is 31.1. The highest BCUT2D eigenvalue weighted by atomic mass is 16.5. The summed E-state index contributed by atoms with van der Waals surface area (Å²) in [4.78, 5) is 43.6. The van der Waals surface area contributed by atoms with E-state index >= 15 is 0 Å². The third kappa shape index (κ3) is 8.52. The Morgan fingerprint density at radius 2 is 1.50 bits per heavy atom. The molecule has 3 aliphatic rings. The maximum absolute atomic E-state index is 13.1. The van der Waals surface area contributed by atoms with E-state index in [9.17, 15) is 19.5 Å². The number of hydrogen-bond donors (Lipinski definition) is 2. The molecule has 3 amide bonds. The number of unbranched alkanes of at least 4 members (excludes halogenated alkanes) is 3. The van der Waals surface area contributed by atoms with Crippen LogP contribution in [0.1, 0.15) is 84.5 Å². The third-order valence-electron chi connectivity index (χ3n) is 11.0. The molecule has 2 fully saturated rings. The van der Waals surface area contributed by atoms with Crippen LogP contribution in [-0.4, -0.2) is 78.0 Å². The molecule has 9 heteroatoms. The number of ether oxygens (including phenoxy) is 1. The van der Waals surface area contributed by atoms with Gasteiger partial charge in [-0.3, -0.25) is 24.6 Å². The van der Waals surface area contributed by atoms with Crippen LogP contribution in [0.4, 0.5) is 5.69 Å². The van der Waals surface area contributed by atoms with Crippen LogP contribution in [0.15, 0.2) is 97.1 Å². The van der Waals surface area contributed by atoms with Crippen LogP contribution < -0.4 is 15.0 Å². The number of aromatic hydroxyl groups is 1. The van der Waals surface area contributed by atoms with Crippen molar-refractivity contribution in [3.05, 3.63) is 125 Å². The van der Waals surface area contributed by atoms with Gasteiger partial charge >= 0.3 is 0 Å². The molecular weight excluding hydrogens is 677 g/mol. The summed E-state index contributed by atoms with van der Waals surface area (Å²) >= 11 is 0. The van der Waals surface area contributed by atoms with E-state index in [0.29, 0.717) is 25.1 Å². The van der Waals surface area contributed by atoms with Gasteiger partial charge in [0.25, 0.3) is 5.91 Å². The molecule has 2 N–H and O–H groups in total. The lowest BCUT2D eigenvalue weighted by molar-refractivity contribution is -0.136. The summed E-state index contributed by atoms with van der Waals surface area (Å²) in [5.41, 5.74) is 8.54. The SMILES string of the molecule is CC/C(=C(\c1ccc(O)cc1)c1ccc(OCCCCCCN2CCN(c3ccc4c(c3)CN([C@H]3CCC(=O)NC3=O)C4=O)CC2)cc1)c1ccccc1. The van der Waals surface area contributed by atoms with Crippen molar-refractivity contribution in [1.29, 1.82) is 0 Å². The molecule has 0 aromatic heterocycles. The number of phenolic OH excluding ortho intramolecular Hbond substituents is 1. The Labute approximate surface area is 318 Å². The van der Waals surface area contributed by atoms with E-state index in [4.69, 9.17) is 4.74 Å². The van der Waals surface area contributed by atoms with Crippen LogP contribution in [0.5, 0.6) is 11.5 Å². The van der Waals surface area contributed by atoms with Gasteiger partial charge in [-0.25, -0.2) is 0 Å². The largest absolute Gasteiger partial charge is 0.508 e. The molecule has 0 bridgehead atoms. The smallest absolute Gasteiger partial charge is 0.255 e. The Morgan fingerprint density at radius 3 is 2.20 bits per heavy atom. The first-order chi connectivity index (χ1) is 26.4. The fourth-order valence-electron chi connectivity index (χ4n) is 7.99. The molecule has 0 saturated carbocycles. The number of fused-ring (bicyclic) bond motifs is 1. The molecule has 2 saturated heterocycles. The number of allylic oxidation sites excluding steroid dienone is 1. The summed E-state index contributed by atoms with van der Waals surface area (Å²) < 4.78 is 6.15. The summed E-state index contributed by atoms with van der Waals surface area (Å²) in [6.45, 7) is 8.27. The molecule has 9 nitrogen and oxygen atoms in total. The molecule has 54 heavy (non-hydrogen) atoms. The first kappa shape index (κ1) is 36.9. The van der Waals surface area contributed by atoms with Crippen molar-refractivity contribution in [2.45, 2.75) is 64.5 Å². The third-order valence-corrected chi connectivity index (χ3v) is 11.0. The van der Waals surface area contributed by atoms with Crippen molar-refractivity contribution in [2.24, 2.45) is 0 Å². The number of nitrogens with zero attached hydrogens (tertiary/aromatic N) is 3. The molecule has 0 unspecified atom stereocenters. The number of amides is 3. The first-order valence-electron chi connectivity index (χ1n) is 19.4. The maximum Gasteiger partial charge on any atom is 0.255 e. The van der Waals surface area contributed by atoms with Gasteiger partial charge < -0.3 is 19.6 Å². The molecule has 1 atom stereocenters. The predicted molar refractivity (Wildman–Crippen MR) is 212 cm³/mol. The number of rotatable bonds is 14. The standard InChI is InChI=1S/C45H50N4O5/c1-2-39(32-10-6-5-7-11-32)43(33-12-17-37(50)18-13-33)34-14-19-38(20-15-34)54-29-9-4-3-8-24-47-25-27-48(28-26-47)36-16-21-40-35(30-36)31-49(45(40)53)41-22-23-42(51)46-44(41)52/h5-7,10-21,30,41,50H,2-4,8-9,22-29,31H2,1H3,(H,46,51,52)/b43-39-/t41-/m0/s1. The zero-order valence-electron chi connectivity index (χ0n) is 31.1. The highest BCUT2D eigenvalue weighted by molar-refractivity contribution is 6.05. The monoisotopic (exact) mass is 726 g/mol. The Morgan fingerprint density at radius 1 is 0.796 bits per heavy atom. The zero-order chi connectivity index (χ0) is 37.4.